The van der Waals surface area contributed by atoms with Gasteiger partial charge in [-0.15, -0.1) is 0 Å². The van der Waals surface area contributed by atoms with Gasteiger partial charge in [0.25, 0.3) is 5.91 Å². The lowest BCUT2D eigenvalue weighted by Gasteiger charge is -2.34. The molecule has 3 aromatic rings. The standard InChI is InChI=1S/C20H20F3N5O/c1-2-13-11-17(20(21,22)23)28-18(25-13)12-15(26-28)16-8-4-6-10-27(16)19(29)14-7-3-5-9-24-14/h3,5,7,9,11-12,16H,2,4,6,8,10H2,1H3. The first-order valence-electron chi connectivity index (χ1n) is 9.57. The summed E-state index contributed by atoms with van der Waals surface area (Å²) in [5, 5.41) is 4.22. The molecule has 0 bridgehead atoms. The maximum Gasteiger partial charge on any atom is 0.433 e. The molecule has 0 N–H and O–H groups in total. The Labute approximate surface area is 165 Å². The lowest BCUT2D eigenvalue weighted by atomic mass is 9.99. The van der Waals surface area contributed by atoms with E-state index in [0.29, 0.717) is 36.5 Å². The van der Waals surface area contributed by atoms with Gasteiger partial charge in [-0.05, 0) is 43.9 Å². The summed E-state index contributed by atoms with van der Waals surface area (Å²) >= 11 is 0. The molecule has 9 heteroatoms. The molecule has 29 heavy (non-hydrogen) atoms. The van der Waals surface area contributed by atoms with Crippen molar-refractivity contribution in [2.75, 3.05) is 6.54 Å². The van der Waals surface area contributed by atoms with E-state index in [1.165, 1.54) is 0 Å². The fraction of sp³-hybridized carbons (Fsp3) is 0.400. The molecular formula is C20H20F3N5O. The molecule has 1 unspecified atom stereocenters. The summed E-state index contributed by atoms with van der Waals surface area (Å²) < 4.78 is 41.5. The van der Waals surface area contributed by atoms with Gasteiger partial charge in [-0.25, -0.2) is 9.50 Å². The van der Waals surface area contributed by atoms with E-state index in [9.17, 15) is 18.0 Å². The zero-order valence-electron chi connectivity index (χ0n) is 15.9. The van der Waals surface area contributed by atoms with Gasteiger partial charge in [0.1, 0.15) is 11.4 Å². The van der Waals surface area contributed by atoms with Gasteiger partial charge in [-0.1, -0.05) is 13.0 Å². The average Bonchev–Trinajstić information content (AvgIpc) is 3.16. The Kier molecular flexibility index (Phi) is 4.97. The molecule has 0 spiro atoms. The second-order valence-corrected chi connectivity index (χ2v) is 7.05. The highest BCUT2D eigenvalue weighted by molar-refractivity contribution is 5.92. The van der Waals surface area contributed by atoms with Crippen LogP contribution < -0.4 is 0 Å². The molecule has 1 amide bonds. The maximum atomic E-state index is 13.6. The largest absolute Gasteiger partial charge is 0.433 e. The summed E-state index contributed by atoms with van der Waals surface area (Å²) in [4.78, 5) is 23.0. The van der Waals surface area contributed by atoms with Crippen LogP contribution in [-0.4, -0.2) is 36.9 Å². The van der Waals surface area contributed by atoms with E-state index >= 15 is 0 Å². The number of hydrogen-bond acceptors (Lipinski definition) is 4. The van der Waals surface area contributed by atoms with Crippen LogP contribution in [0.1, 0.15) is 59.8 Å². The normalized spacial score (nSPS) is 17.7. The second-order valence-electron chi connectivity index (χ2n) is 7.05. The predicted molar refractivity (Wildman–Crippen MR) is 99.2 cm³/mol. The summed E-state index contributed by atoms with van der Waals surface area (Å²) in [5.74, 6) is -0.245. The van der Waals surface area contributed by atoms with Gasteiger partial charge < -0.3 is 4.90 Å². The third-order valence-corrected chi connectivity index (χ3v) is 5.14. The Balaban J connectivity index is 1.77. The first-order chi connectivity index (χ1) is 13.9. The fourth-order valence-corrected chi connectivity index (χ4v) is 3.71. The minimum Gasteiger partial charge on any atom is -0.329 e. The van der Waals surface area contributed by atoms with Gasteiger partial charge in [0.05, 0.1) is 11.7 Å². The Morgan fingerprint density at radius 3 is 2.76 bits per heavy atom. The summed E-state index contributed by atoms with van der Waals surface area (Å²) in [6.07, 6.45) is -0.301. The van der Waals surface area contributed by atoms with Crippen LogP contribution in [0.4, 0.5) is 13.2 Å². The number of aryl methyl sites for hydroxylation is 1. The zero-order chi connectivity index (χ0) is 20.6. The smallest absolute Gasteiger partial charge is 0.329 e. The zero-order valence-corrected chi connectivity index (χ0v) is 15.9. The van der Waals surface area contributed by atoms with E-state index in [0.717, 1.165) is 23.4 Å². The molecule has 4 heterocycles. The quantitative estimate of drug-likeness (QED) is 0.661. The number of hydrogen-bond donors (Lipinski definition) is 0. The number of carbonyl (C=O) groups excluding carboxylic acids is 1. The summed E-state index contributed by atoms with van der Waals surface area (Å²) in [5.41, 5.74) is 0.360. The minimum absolute atomic E-state index is 0.141. The molecule has 0 saturated carbocycles. The van der Waals surface area contributed by atoms with E-state index in [2.05, 4.69) is 15.1 Å². The van der Waals surface area contributed by atoms with Crippen molar-refractivity contribution in [2.45, 2.75) is 44.8 Å². The molecule has 0 aromatic carbocycles. The molecular weight excluding hydrogens is 383 g/mol. The summed E-state index contributed by atoms with van der Waals surface area (Å²) in [7, 11) is 0. The van der Waals surface area contributed by atoms with Gasteiger partial charge in [0.15, 0.2) is 5.65 Å². The first-order valence-corrected chi connectivity index (χ1v) is 9.57. The van der Waals surface area contributed by atoms with E-state index in [-0.39, 0.29) is 11.6 Å². The molecule has 3 aromatic heterocycles. The van der Waals surface area contributed by atoms with Crippen molar-refractivity contribution in [2.24, 2.45) is 0 Å². The number of likely N-dealkylation sites (tertiary alicyclic amines) is 1. The molecule has 1 saturated heterocycles. The SMILES string of the molecule is CCc1cc(C(F)(F)F)n2nc(C3CCCCN3C(=O)c3ccccn3)cc2n1. The van der Waals surface area contributed by atoms with Crippen LogP contribution in [0.2, 0.25) is 0 Å². The molecule has 1 fully saturated rings. The average molecular weight is 403 g/mol. The molecule has 1 aliphatic heterocycles. The first kappa shape index (κ1) is 19.4. The Bertz CT molecular complexity index is 1030. The van der Waals surface area contributed by atoms with Crippen molar-refractivity contribution in [3.05, 3.63) is 59.3 Å². The number of pyridine rings is 1. The van der Waals surface area contributed by atoms with Crippen molar-refractivity contribution < 1.29 is 18.0 Å². The third kappa shape index (κ3) is 3.68. The number of rotatable bonds is 3. The van der Waals surface area contributed by atoms with E-state index in [4.69, 9.17) is 0 Å². The van der Waals surface area contributed by atoms with Gasteiger partial charge in [0.2, 0.25) is 0 Å². The molecule has 0 aliphatic carbocycles. The number of aromatic nitrogens is 4. The van der Waals surface area contributed by atoms with Crippen LogP contribution in [0.3, 0.4) is 0 Å². The number of carbonyl (C=O) groups is 1. The summed E-state index contributed by atoms with van der Waals surface area (Å²) in [6, 6.07) is 7.27. The van der Waals surface area contributed by atoms with Gasteiger partial charge in [-0.3, -0.25) is 9.78 Å². The van der Waals surface area contributed by atoms with Crippen molar-refractivity contribution in [1.82, 2.24) is 24.5 Å². The highest BCUT2D eigenvalue weighted by Crippen LogP contribution is 2.34. The summed E-state index contributed by atoms with van der Waals surface area (Å²) in [6.45, 7) is 2.26. The van der Waals surface area contributed by atoms with Gasteiger partial charge >= 0.3 is 6.18 Å². The Morgan fingerprint density at radius 1 is 1.24 bits per heavy atom. The molecule has 6 nitrogen and oxygen atoms in total. The molecule has 4 rings (SSSR count). The predicted octanol–water partition coefficient (Wildman–Crippen LogP) is 4.07. The van der Waals surface area contributed by atoms with Crippen LogP contribution >= 0.6 is 0 Å². The lowest BCUT2D eigenvalue weighted by Crippen LogP contribution is -2.39. The molecule has 1 atom stereocenters. The monoisotopic (exact) mass is 403 g/mol. The van der Waals surface area contributed by atoms with Crippen molar-refractivity contribution >= 4 is 11.6 Å². The van der Waals surface area contributed by atoms with Crippen LogP contribution in [0, 0.1) is 0 Å². The fourth-order valence-electron chi connectivity index (χ4n) is 3.71. The van der Waals surface area contributed by atoms with Crippen LogP contribution in [0.25, 0.3) is 5.65 Å². The number of fused-ring (bicyclic) bond motifs is 1. The minimum atomic E-state index is -4.55. The van der Waals surface area contributed by atoms with Crippen LogP contribution in [0.15, 0.2) is 36.5 Å². The van der Waals surface area contributed by atoms with E-state index < -0.39 is 17.9 Å². The third-order valence-electron chi connectivity index (χ3n) is 5.14. The van der Waals surface area contributed by atoms with Crippen LogP contribution in [-0.2, 0) is 12.6 Å². The highest BCUT2D eigenvalue weighted by atomic mass is 19.4. The number of amides is 1. The molecule has 0 radical (unpaired) electrons. The van der Waals surface area contributed by atoms with Crippen molar-refractivity contribution in [1.29, 1.82) is 0 Å². The number of piperidine rings is 1. The lowest BCUT2D eigenvalue weighted by molar-refractivity contribution is -0.142. The Morgan fingerprint density at radius 2 is 2.07 bits per heavy atom. The number of alkyl halides is 3. The van der Waals surface area contributed by atoms with Gasteiger partial charge in [0, 0.05) is 24.5 Å². The highest BCUT2D eigenvalue weighted by Gasteiger charge is 2.36. The van der Waals surface area contributed by atoms with Crippen molar-refractivity contribution in [3.8, 4) is 0 Å². The van der Waals surface area contributed by atoms with Gasteiger partial charge in [-0.2, -0.15) is 18.3 Å². The number of nitrogens with zero attached hydrogens (tertiary/aromatic N) is 5. The molecule has 152 valence electrons. The van der Waals surface area contributed by atoms with E-state index in [1.807, 2.05) is 0 Å². The topological polar surface area (TPSA) is 63.4 Å². The number of halogens is 3. The maximum absolute atomic E-state index is 13.6. The Hall–Kier alpha value is -2.97. The molecule has 1 aliphatic rings. The second kappa shape index (κ2) is 7.46. The van der Waals surface area contributed by atoms with E-state index in [1.54, 1.807) is 42.3 Å². The van der Waals surface area contributed by atoms with Crippen LogP contribution in [0.5, 0.6) is 0 Å². The van der Waals surface area contributed by atoms with Crippen molar-refractivity contribution in [3.63, 3.8) is 0 Å².